The maximum atomic E-state index is 11.2. The second-order valence-corrected chi connectivity index (χ2v) is 9.88. The zero-order valence-electron chi connectivity index (χ0n) is 26.5. The van der Waals surface area contributed by atoms with E-state index < -0.39 is 0 Å². The van der Waals surface area contributed by atoms with Crippen LogP contribution >= 0.6 is 0 Å². The van der Waals surface area contributed by atoms with Gasteiger partial charge in [0.15, 0.2) is 0 Å². The fourth-order valence-electron chi connectivity index (χ4n) is 3.44. The Bertz CT molecular complexity index is 965. The van der Waals surface area contributed by atoms with Crippen molar-refractivity contribution in [1.29, 1.82) is 0 Å². The number of methoxy groups -OCH3 is 4. The molecule has 0 spiro atoms. The Morgan fingerprint density at radius 1 is 0.643 bits per heavy atom. The summed E-state index contributed by atoms with van der Waals surface area (Å²) in [5.41, 5.74) is 2.93. The number of rotatable bonds is 8. The van der Waals surface area contributed by atoms with E-state index in [-0.39, 0.29) is 37.7 Å². The second kappa shape index (κ2) is 27.2. The molecular weight excluding hydrogens is 624 g/mol. The molecule has 0 aromatic heterocycles. The molecule has 2 aromatic carbocycles. The van der Waals surface area contributed by atoms with E-state index in [1.165, 1.54) is 65.3 Å². The van der Waals surface area contributed by atoms with Gasteiger partial charge in [-0.2, -0.15) is 12.2 Å². The number of para-hydroxylation sites is 2. The Hall–Kier alpha value is -2.70. The van der Waals surface area contributed by atoms with Crippen LogP contribution in [0, 0.1) is 12.2 Å². The van der Waals surface area contributed by atoms with E-state index in [1.807, 2.05) is 0 Å². The van der Waals surface area contributed by atoms with Crippen LogP contribution in [-0.2, 0) is 26.2 Å². The third-order valence-corrected chi connectivity index (χ3v) is 5.38. The SMILES string of the molecule is CCCC1=CC[C-]=C1.CCCC1=CC[C-]=C1.COc1cccc(OC)c1[O-].COc1cccc(OC)c1[O-].C[SiH]C.[Zr+4]. The van der Waals surface area contributed by atoms with Crippen molar-refractivity contribution < 1.29 is 55.4 Å². The molecule has 2 aliphatic carbocycles. The molecule has 8 heteroatoms. The maximum absolute atomic E-state index is 11.2. The predicted octanol–water partition coefficient (Wildman–Crippen LogP) is 7.02. The number of benzene rings is 2. The average molecular weight is 671 g/mol. The van der Waals surface area contributed by atoms with Gasteiger partial charge in [-0.15, -0.1) is 12.8 Å². The Morgan fingerprint density at radius 2 is 0.929 bits per heavy atom. The normalized spacial score (nSPS) is 11.7. The smallest absolute Gasteiger partial charge is 0.867 e. The van der Waals surface area contributed by atoms with Crippen LogP contribution in [0.15, 0.2) is 71.8 Å². The molecule has 0 N–H and O–H groups in total. The van der Waals surface area contributed by atoms with E-state index in [0.717, 1.165) is 22.4 Å². The first-order valence-electron chi connectivity index (χ1n) is 13.9. The van der Waals surface area contributed by atoms with Crippen LogP contribution < -0.4 is 29.2 Å². The molecule has 0 amide bonds. The predicted molar refractivity (Wildman–Crippen MR) is 168 cm³/mol. The average Bonchev–Trinajstić information content (AvgIpc) is 3.70. The number of ether oxygens (including phenoxy) is 4. The van der Waals surface area contributed by atoms with Gasteiger partial charge in [0.2, 0.25) is 0 Å². The molecule has 0 saturated carbocycles. The van der Waals surface area contributed by atoms with Gasteiger partial charge < -0.3 is 29.2 Å². The molecular formula is C34H47O6SiZr. The van der Waals surface area contributed by atoms with Gasteiger partial charge in [0, 0.05) is 9.52 Å². The molecule has 0 fully saturated rings. The zero-order chi connectivity index (χ0) is 30.9. The monoisotopic (exact) mass is 669 g/mol. The largest absolute Gasteiger partial charge is 4.00 e. The van der Waals surface area contributed by atoms with Gasteiger partial charge in [-0.3, -0.25) is 12.2 Å². The van der Waals surface area contributed by atoms with Crippen LogP contribution in [0.3, 0.4) is 0 Å². The molecule has 0 atom stereocenters. The van der Waals surface area contributed by atoms with Crippen LogP contribution in [0.2, 0.25) is 13.1 Å². The van der Waals surface area contributed by atoms with Crippen LogP contribution in [-0.4, -0.2) is 38.0 Å². The Morgan fingerprint density at radius 3 is 1.12 bits per heavy atom. The molecule has 0 heterocycles. The quantitative estimate of drug-likeness (QED) is 0.222. The van der Waals surface area contributed by atoms with E-state index in [1.54, 1.807) is 36.4 Å². The van der Waals surface area contributed by atoms with Crippen LogP contribution in [0.5, 0.6) is 34.5 Å². The van der Waals surface area contributed by atoms with Crippen molar-refractivity contribution >= 4 is 9.52 Å². The first kappa shape index (κ1) is 41.4. The zero-order valence-corrected chi connectivity index (χ0v) is 30.2. The minimum atomic E-state index is -0.211. The molecule has 0 bridgehead atoms. The summed E-state index contributed by atoms with van der Waals surface area (Å²) in [4.78, 5) is 0. The van der Waals surface area contributed by atoms with E-state index in [9.17, 15) is 10.2 Å². The summed E-state index contributed by atoms with van der Waals surface area (Å²) in [6, 6.07) is 9.82. The third-order valence-electron chi connectivity index (χ3n) is 5.38. The van der Waals surface area contributed by atoms with Crippen molar-refractivity contribution in [3.63, 3.8) is 0 Å². The van der Waals surface area contributed by atoms with Crippen molar-refractivity contribution in [3.05, 3.63) is 84.0 Å². The fourth-order valence-corrected chi connectivity index (χ4v) is 3.44. The number of hydrogen-bond acceptors (Lipinski definition) is 6. The molecule has 42 heavy (non-hydrogen) atoms. The second-order valence-electron chi connectivity index (χ2n) is 8.72. The molecule has 2 aromatic rings. The van der Waals surface area contributed by atoms with Crippen molar-refractivity contribution in [3.8, 4) is 34.5 Å². The minimum absolute atomic E-state index is 0. The van der Waals surface area contributed by atoms with Gasteiger partial charge >= 0.3 is 26.2 Å². The fraction of sp³-hybridized carbons (Fsp3) is 0.412. The third kappa shape index (κ3) is 17.3. The Labute approximate surface area is 276 Å². The Kier molecular flexibility index (Phi) is 26.8. The molecule has 4 rings (SSSR count). The topological polar surface area (TPSA) is 83.0 Å². The summed E-state index contributed by atoms with van der Waals surface area (Å²) in [5.74, 6) is 0.817. The van der Waals surface area contributed by atoms with Crippen LogP contribution in [0.25, 0.3) is 0 Å². The van der Waals surface area contributed by atoms with Crippen LogP contribution in [0.1, 0.15) is 52.4 Å². The molecule has 6 nitrogen and oxygen atoms in total. The van der Waals surface area contributed by atoms with Gasteiger partial charge in [0.1, 0.15) is 23.0 Å². The van der Waals surface area contributed by atoms with E-state index in [4.69, 9.17) is 18.9 Å². The van der Waals surface area contributed by atoms with E-state index in [2.05, 4.69) is 63.4 Å². The molecule has 0 unspecified atom stereocenters. The molecule has 0 aliphatic heterocycles. The summed E-state index contributed by atoms with van der Waals surface area (Å²) in [5, 5.41) is 22.4. The number of hydrogen-bond donors (Lipinski definition) is 0. The maximum Gasteiger partial charge on any atom is 4.00 e. The minimum Gasteiger partial charge on any atom is -0.867 e. The van der Waals surface area contributed by atoms with Crippen LogP contribution in [0.4, 0.5) is 0 Å². The molecule has 2 aliphatic rings. The first-order chi connectivity index (χ1) is 19.9. The summed E-state index contributed by atoms with van der Waals surface area (Å²) in [7, 11) is 6.57. The van der Waals surface area contributed by atoms with Crippen molar-refractivity contribution in [2.45, 2.75) is 65.5 Å². The standard InChI is InChI=1S/2C8H10O3.2C8H11.C2H7Si.Zr/c2*1-10-6-4-3-5-7(11-2)8(6)9;2*1-2-5-8-6-3-4-7-8;1-3-2;/h2*3-5,9H,1-2H3;2*6-7H,2-3,5H2,1H3;3H,1-2H3;/q;;2*-1;;+4/p-2. The summed E-state index contributed by atoms with van der Waals surface area (Å²) in [6.07, 6.45) is 22.0. The van der Waals surface area contributed by atoms with Crippen molar-refractivity contribution in [2.75, 3.05) is 28.4 Å². The molecule has 227 valence electrons. The van der Waals surface area contributed by atoms with E-state index in [0.29, 0.717) is 23.0 Å². The van der Waals surface area contributed by atoms with Crippen molar-refractivity contribution in [2.24, 2.45) is 0 Å². The first-order valence-corrected chi connectivity index (χ1v) is 16.2. The van der Waals surface area contributed by atoms with Gasteiger partial charge in [0.25, 0.3) is 0 Å². The van der Waals surface area contributed by atoms with Gasteiger partial charge in [-0.1, -0.05) is 64.8 Å². The molecule has 1 radical (unpaired) electrons. The summed E-state index contributed by atoms with van der Waals surface area (Å²) >= 11 is 0. The number of allylic oxidation sites excluding steroid dienone is 8. The summed E-state index contributed by atoms with van der Waals surface area (Å²) in [6.45, 7) is 8.82. The molecule has 0 saturated heterocycles. The van der Waals surface area contributed by atoms with Crippen molar-refractivity contribution in [1.82, 2.24) is 0 Å². The Balaban J connectivity index is 0. The van der Waals surface area contributed by atoms with Gasteiger partial charge in [-0.25, -0.2) is 23.3 Å². The van der Waals surface area contributed by atoms with Gasteiger partial charge in [0.05, 0.1) is 28.4 Å². The summed E-state index contributed by atoms with van der Waals surface area (Å²) < 4.78 is 19.2. The van der Waals surface area contributed by atoms with Gasteiger partial charge in [-0.05, 0) is 35.8 Å². The van der Waals surface area contributed by atoms with E-state index >= 15 is 0 Å².